The van der Waals surface area contributed by atoms with Crippen LogP contribution in [0.4, 0.5) is 5.69 Å². The minimum absolute atomic E-state index is 0.00205. The van der Waals surface area contributed by atoms with Crippen LogP contribution in [0.2, 0.25) is 10.0 Å². The predicted molar refractivity (Wildman–Crippen MR) is 136 cm³/mol. The van der Waals surface area contributed by atoms with Gasteiger partial charge in [0, 0.05) is 26.2 Å². The maximum absolute atomic E-state index is 13.1. The third-order valence-corrected chi connectivity index (χ3v) is 6.04. The molecule has 0 heterocycles. The fourth-order valence-corrected chi connectivity index (χ4v) is 3.94. The van der Waals surface area contributed by atoms with E-state index in [1.165, 1.54) is 24.9 Å². The molecule has 3 aromatic carbocycles. The van der Waals surface area contributed by atoms with Crippen molar-refractivity contribution in [2.45, 2.75) is 4.90 Å². The summed E-state index contributed by atoms with van der Waals surface area (Å²) in [5, 5.41) is 6.20. The molecular formula is C25H20Cl2N2O4S. The first-order valence-corrected chi connectivity index (χ1v) is 11.7. The minimum Gasteiger partial charge on any atom is -0.468 e. The van der Waals surface area contributed by atoms with Gasteiger partial charge in [0.1, 0.15) is 5.70 Å². The molecule has 3 aromatic rings. The lowest BCUT2D eigenvalue weighted by Gasteiger charge is -2.12. The molecule has 0 aliphatic rings. The quantitative estimate of drug-likeness (QED) is 0.230. The standard InChI is InChI=1S/C25H20Cl2N2O4S/c1-33-23(30)15-34-20-11-9-19(10-12-20)28-25(32)22(13-17-7-8-18(26)14-21(17)27)29-24(31)16-5-3-2-4-6-16/h2-14H,15H2,1H3,(H,28,32)(H,29,31)/b22-13-. The first-order valence-electron chi connectivity index (χ1n) is 10.00. The number of rotatable bonds is 8. The second-order valence-electron chi connectivity index (χ2n) is 6.89. The van der Waals surface area contributed by atoms with E-state index < -0.39 is 11.8 Å². The number of anilines is 1. The molecule has 174 valence electrons. The summed E-state index contributed by atoms with van der Waals surface area (Å²) in [7, 11) is 1.33. The van der Waals surface area contributed by atoms with Crippen LogP contribution in [0.5, 0.6) is 0 Å². The molecule has 0 saturated carbocycles. The average molecular weight is 515 g/mol. The van der Waals surface area contributed by atoms with Gasteiger partial charge in [-0.05, 0) is 60.2 Å². The summed E-state index contributed by atoms with van der Waals surface area (Å²) >= 11 is 13.5. The van der Waals surface area contributed by atoms with Crippen LogP contribution in [0.3, 0.4) is 0 Å². The molecule has 9 heteroatoms. The van der Waals surface area contributed by atoms with Gasteiger partial charge in [0.05, 0.1) is 12.9 Å². The van der Waals surface area contributed by atoms with Crippen LogP contribution in [0.25, 0.3) is 6.08 Å². The van der Waals surface area contributed by atoms with Gasteiger partial charge in [0.2, 0.25) is 0 Å². The predicted octanol–water partition coefficient (Wildman–Crippen LogP) is 5.67. The Labute approximate surface area is 211 Å². The minimum atomic E-state index is -0.537. The van der Waals surface area contributed by atoms with Crippen molar-refractivity contribution in [2.24, 2.45) is 0 Å². The molecule has 2 N–H and O–H groups in total. The van der Waals surface area contributed by atoms with Crippen molar-refractivity contribution in [3.63, 3.8) is 0 Å². The summed E-state index contributed by atoms with van der Waals surface area (Å²) in [4.78, 5) is 37.9. The highest BCUT2D eigenvalue weighted by Crippen LogP contribution is 2.24. The Hall–Kier alpha value is -3.26. The van der Waals surface area contributed by atoms with E-state index in [0.29, 0.717) is 26.9 Å². The molecule has 3 rings (SSSR count). The molecule has 0 fully saturated rings. The Morgan fingerprint density at radius 2 is 1.68 bits per heavy atom. The van der Waals surface area contributed by atoms with E-state index in [9.17, 15) is 14.4 Å². The topological polar surface area (TPSA) is 84.5 Å². The third-order valence-electron chi connectivity index (χ3n) is 4.49. The van der Waals surface area contributed by atoms with Gasteiger partial charge in [-0.2, -0.15) is 0 Å². The number of hydrogen-bond acceptors (Lipinski definition) is 5. The SMILES string of the molecule is COC(=O)CSc1ccc(NC(=O)/C(=C/c2ccc(Cl)cc2Cl)NC(=O)c2ccccc2)cc1. The van der Waals surface area contributed by atoms with E-state index in [4.69, 9.17) is 23.2 Å². The highest BCUT2D eigenvalue weighted by molar-refractivity contribution is 8.00. The third kappa shape index (κ3) is 7.38. The average Bonchev–Trinajstić information content (AvgIpc) is 2.84. The molecule has 0 spiro atoms. The number of benzene rings is 3. The van der Waals surface area contributed by atoms with E-state index in [-0.39, 0.29) is 17.4 Å². The lowest BCUT2D eigenvalue weighted by Crippen LogP contribution is -2.30. The monoisotopic (exact) mass is 514 g/mol. The maximum atomic E-state index is 13.1. The second kappa shape index (κ2) is 12.3. The number of ether oxygens (including phenoxy) is 1. The molecule has 0 bridgehead atoms. The number of carbonyl (C=O) groups excluding carboxylic acids is 3. The van der Waals surface area contributed by atoms with Crippen LogP contribution in [0, 0.1) is 0 Å². The number of amides is 2. The normalized spacial score (nSPS) is 11.0. The summed E-state index contributed by atoms with van der Waals surface area (Å²) in [6, 6.07) is 20.3. The molecule has 0 aromatic heterocycles. The van der Waals surface area contributed by atoms with Crippen LogP contribution in [0.1, 0.15) is 15.9 Å². The van der Waals surface area contributed by atoms with Crippen molar-refractivity contribution in [3.8, 4) is 0 Å². The molecule has 0 saturated heterocycles. The van der Waals surface area contributed by atoms with Crippen LogP contribution >= 0.6 is 35.0 Å². The van der Waals surface area contributed by atoms with Gasteiger partial charge in [0.25, 0.3) is 11.8 Å². The first-order chi connectivity index (χ1) is 16.4. The summed E-state index contributed by atoms with van der Waals surface area (Å²) in [5.74, 6) is -1.12. The highest BCUT2D eigenvalue weighted by Gasteiger charge is 2.16. The van der Waals surface area contributed by atoms with Gasteiger partial charge < -0.3 is 15.4 Å². The van der Waals surface area contributed by atoms with Gasteiger partial charge in [-0.15, -0.1) is 11.8 Å². The Bertz CT molecular complexity index is 1220. The van der Waals surface area contributed by atoms with Crippen molar-refractivity contribution in [2.75, 3.05) is 18.2 Å². The van der Waals surface area contributed by atoms with Crippen molar-refractivity contribution in [3.05, 3.63) is 99.7 Å². The van der Waals surface area contributed by atoms with E-state index in [1.54, 1.807) is 72.8 Å². The van der Waals surface area contributed by atoms with Gasteiger partial charge in [-0.1, -0.05) is 47.5 Å². The van der Waals surface area contributed by atoms with Crippen molar-refractivity contribution < 1.29 is 19.1 Å². The summed E-state index contributed by atoms with van der Waals surface area (Å²) in [6.07, 6.45) is 1.48. The van der Waals surface area contributed by atoms with E-state index in [2.05, 4.69) is 15.4 Å². The summed E-state index contributed by atoms with van der Waals surface area (Å²) < 4.78 is 4.63. The Balaban J connectivity index is 1.80. The second-order valence-corrected chi connectivity index (χ2v) is 8.78. The zero-order valence-corrected chi connectivity index (χ0v) is 20.3. The molecule has 0 unspecified atom stereocenters. The molecular weight excluding hydrogens is 495 g/mol. The lowest BCUT2D eigenvalue weighted by atomic mass is 10.1. The first kappa shape index (κ1) is 25.4. The molecule has 0 radical (unpaired) electrons. The van der Waals surface area contributed by atoms with Crippen LogP contribution < -0.4 is 10.6 Å². The zero-order valence-electron chi connectivity index (χ0n) is 18.0. The van der Waals surface area contributed by atoms with Crippen molar-refractivity contribution >= 4 is 64.5 Å². The number of esters is 1. The Kier molecular flexibility index (Phi) is 9.16. The summed E-state index contributed by atoms with van der Waals surface area (Å²) in [5.41, 5.74) is 1.42. The maximum Gasteiger partial charge on any atom is 0.315 e. The lowest BCUT2D eigenvalue weighted by molar-refractivity contribution is -0.137. The Morgan fingerprint density at radius 3 is 2.32 bits per heavy atom. The number of nitrogens with one attached hydrogen (secondary N) is 2. The summed E-state index contributed by atoms with van der Waals surface area (Å²) in [6.45, 7) is 0. The molecule has 6 nitrogen and oxygen atoms in total. The van der Waals surface area contributed by atoms with Gasteiger partial charge >= 0.3 is 5.97 Å². The van der Waals surface area contributed by atoms with E-state index >= 15 is 0 Å². The number of hydrogen-bond donors (Lipinski definition) is 2. The largest absolute Gasteiger partial charge is 0.468 e. The van der Waals surface area contributed by atoms with E-state index in [1.807, 2.05) is 0 Å². The number of methoxy groups -OCH3 is 1. The molecule has 0 atom stereocenters. The van der Waals surface area contributed by atoms with Crippen LogP contribution in [-0.4, -0.2) is 30.6 Å². The van der Waals surface area contributed by atoms with Crippen LogP contribution in [0.15, 0.2) is 83.4 Å². The van der Waals surface area contributed by atoms with Crippen molar-refractivity contribution in [1.29, 1.82) is 0 Å². The smallest absolute Gasteiger partial charge is 0.315 e. The Morgan fingerprint density at radius 1 is 0.971 bits per heavy atom. The number of carbonyl (C=O) groups is 3. The van der Waals surface area contributed by atoms with Gasteiger partial charge in [-0.25, -0.2) is 0 Å². The molecule has 2 amide bonds. The fraction of sp³-hybridized carbons (Fsp3) is 0.0800. The van der Waals surface area contributed by atoms with Gasteiger partial charge in [0.15, 0.2) is 0 Å². The van der Waals surface area contributed by atoms with Gasteiger partial charge in [-0.3, -0.25) is 14.4 Å². The number of thioether (sulfide) groups is 1. The molecule has 0 aliphatic carbocycles. The number of halogens is 2. The zero-order chi connectivity index (χ0) is 24.5. The van der Waals surface area contributed by atoms with Crippen molar-refractivity contribution in [1.82, 2.24) is 5.32 Å². The highest BCUT2D eigenvalue weighted by atomic mass is 35.5. The fourth-order valence-electron chi connectivity index (χ4n) is 2.75. The van der Waals surface area contributed by atoms with Crippen LogP contribution in [-0.2, 0) is 14.3 Å². The molecule has 0 aliphatic heterocycles. The van der Waals surface area contributed by atoms with E-state index in [0.717, 1.165) is 4.90 Å². The molecule has 34 heavy (non-hydrogen) atoms.